The third-order valence-corrected chi connectivity index (χ3v) is 4.15. The smallest absolute Gasteiger partial charge is 0.159 e. The van der Waals surface area contributed by atoms with Crippen molar-refractivity contribution >= 4 is 0 Å². The molecule has 24 heavy (non-hydrogen) atoms. The van der Waals surface area contributed by atoms with Crippen molar-refractivity contribution in [1.29, 1.82) is 0 Å². The quantitative estimate of drug-likeness (QED) is 0.487. The van der Waals surface area contributed by atoms with Gasteiger partial charge >= 0.3 is 0 Å². The van der Waals surface area contributed by atoms with Gasteiger partial charge < -0.3 is 4.74 Å². The highest BCUT2D eigenvalue weighted by Crippen LogP contribution is 2.20. The number of hydrogen-bond donors (Lipinski definition) is 0. The summed E-state index contributed by atoms with van der Waals surface area (Å²) in [5, 5.41) is 0. The van der Waals surface area contributed by atoms with Crippen molar-refractivity contribution in [3.63, 3.8) is 0 Å². The molecule has 2 rings (SSSR count). The zero-order valence-electron chi connectivity index (χ0n) is 15.1. The van der Waals surface area contributed by atoms with E-state index >= 15 is 0 Å². The molecule has 0 aliphatic rings. The predicted octanol–water partition coefficient (Wildman–Crippen LogP) is 5.84. The van der Waals surface area contributed by atoms with Crippen molar-refractivity contribution in [2.75, 3.05) is 6.61 Å². The Kier molecular flexibility index (Phi) is 8.29. The van der Waals surface area contributed by atoms with Crippen molar-refractivity contribution in [3.05, 3.63) is 42.2 Å². The van der Waals surface area contributed by atoms with Crippen molar-refractivity contribution in [3.8, 4) is 17.1 Å². The zero-order valence-corrected chi connectivity index (χ0v) is 15.1. The minimum Gasteiger partial charge on any atom is -0.494 e. The summed E-state index contributed by atoms with van der Waals surface area (Å²) in [6.07, 6.45) is 13.6. The molecule has 1 aromatic heterocycles. The van der Waals surface area contributed by atoms with Crippen LogP contribution in [-0.4, -0.2) is 16.6 Å². The summed E-state index contributed by atoms with van der Waals surface area (Å²) in [4.78, 5) is 9.00. The summed E-state index contributed by atoms with van der Waals surface area (Å²) >= 11 is 0. The van der Waals surface area contributed by atoms with Crippen LogP contribution in [0.5, 0.6) is 5.75 Å². The monoisotopic (exact) mass is 326 g/mol. The van der Waals surface area contributed by atoms with E-state index in [4.69, 9.17) is 4.74 Å². The molecule has 0 spiro atoms. The molecular weight excluding hydrogens is 296 g/mol. The van der Waals surface area contributed by atoms with Crippen LogP contribution < -0.4 is 4.74 Å². The topological polar surface area (TPSA) is 35.0 Å². The number of hydrogen-bond acceptors (Lipinski definition) is 3. The highest BCUT2D eigenvalue weighted by atomic mass is 16.5. The number of ether oxygens (including phenoxy) is 1. The van der Waals surface area contributed by atoms with Gasteiger partial charge in [-0.05, 0) is 49.1 Å². The average Bonchev–Trinajstić information content (AvgIpc) is 2.63. The molecule has 0 aliphatic heterocycles. The molecule has 0 saturated heterocycles. The fraction of sp³-hybridized carbons (Fsp3) is 0.524. The second-order valence-electron chi connectivity index (χ2n) is 6.31. The fourth-order valence-corrected chi connectivity index (χ4v) is 2.63. The Bertz CT molecular complexity index is 563. The van der Waals surface area contributed by atoms with E-state index in [1.165, 1.54) is 44.1 Å². The van der Waals surface area contributed by atoms with Gasteiger partial charge in [-0.3, -0.25) is 0 Å². The van der Waals surface area contributed by atoms with E-state index in [1.54, 1.807) is 0 Å². The van der Waals surface area contributed by atoms with Crippen LogP contribution in [0.3, 0.4) is 0 Å². The number of benzene rings is 1. The van der Waals surface area contributed by atoms with Crippen LogP contribution in [0, 0.1) is 0 Å². The van der Waals surface area contributed by atoms with Crippen molar-refractivity contribution in [2.45, 2.75) is 65.2 Å². The number of aromatic nitrogens is 2. The van der Waals surface area contributed by atoms with Crippen molar-refractivity contribution in [2.24, 2.45) is 0 Å². The first-order valence-electron chi connectivity index (χ1n) is 9.37. The molecule has 0 atom stereocenters. The summed E-state index contributed by atoms with van der Waals surface area (Å²) < 4.78 is 5.78. The molecule has 0 saturated carbocycles. The Labute approximate surface area is 146 Å². The van der Waals surface area contributed by atoms with Gasteiger partial charge in [0.1, 0.15) is 5.75 Å². The number of aryl methyl sites for hydroxylation is 1. The van der Waals surface area contributed by atoms with Crippen molar-refractivity contribution in [1.82, 2.24) is 9.97 Å². The molecule has 1 aromatic carbocycles. The van der Waals surface area contributed by atoms with E-state index in [9.17, 15) is 0 Å². The lowest BCUT2D eigenvalue weighted by atomic mass is 10.1. The van der Waals surface area contributed by atoms with Crippen LogP contribution in [0.25, 0.3) is 11.4 Å². The standard InChI is InChI=1S/C21H30N2O/c1-3-5-7-9-15-24-20-13-11-19(12-14-20)21-22-16-18(17-23-21)10-8-6-4-2/h11-14,16-17H,3-10,15H2,1-2H3. The number of rotatable bonds is 11. The highest BCUT2D eigenvalue weighted by molar-refractivity contribution is 5.55. The molecule has 0 amide bonds. The van der Waals surface area contributed by atoms with Crippen molar-refractivity contribution < 1.29 is 4.74 Å². The largest absolute Gasteiger partial charge is 0.494 e. The normalized spacial score (nSPS) is 10.8. The van der Waals surface area contributed by atoms with Crippen LogP contribution in [0.4, 0.5) is 0 Å². The summed E-state index contributed by atoms with van der Waals surface area (Å²) in [6.45, 7) is 5.24. The maximum Gasteiger partial charge on any atom is 0.159 e. The van der Waals surface area contributed by atoms with E-state index in [2.05, 4.69) is 23.8 Å². The molecule has 1 heterocycles. The maximum atomic E-state index is 5.78. The molecule has 0 radical (unpaired) electrons. The molecular formula is C21H30N2O. The van der Waals surface area contributed by atoms with Gasteiger partial charge in [-0.2, -0.15) is 0 Å². The minimum absolute atomic E-state index is 0.781. The van der Waals surface area contributed by atoms with E-state index in [1.807, 2.05) is 36.7 Å². The van der Waals surface area contributed by atoms with Crippen LogP contribution in [0.1, 0.15) is 64.4 Å². The van der Waals surface area contributed by atoms with Crippen LogP contribution >= 0.6 is 0 Å². The molecule has 130 valence electrons. The second-order valence-corrected chi connectivity index (χ2v) is 6.31. The maximum absolute atomic E-state index is 5.78. The number of unbranched alkanes of at least 4 members (excludes halogenated alkanes) is 5. The molecule has 3 heteroatoms. The highest BCUT2D eigenvalue weighted by Gasteiger charge is 2.03. The lowest BCUT2D eigenvalue weighted by Gasteiger charge is -2.07. The molecule has 3 nitrogen and oxygen atoms in total. The number of nitrogens with zero attached hydrogens (tertiary/aromatic N) is 2. The van der Waals surface area contributed by atoms with Crippen LogP contribution in [-0.2, 0) is 6.42 Å². The Morgan fingerprint density at radius 2 is 1.46 bits per heavy atom. The Balaban J connectivity index is 1.83. The van der Waals surface area contributed by atoms with Gasteiger partial charge in [-0.15, -0.1) is 0 Å². The fourth-order valence-electron chi connectivity index (χ4n) is 2.63. The van der Waals surface area contributed by atoms with Gasteiger partial charge in [0.15, 0.2) is 5.82 Å². The van der Waals surface area contributed by atoms with Gasteiger partial charge in [0.2, 0.25) is 0 Å². The average molecular weight is 326 g/mol. The third kappa shape index (κ3) is 6.31. The summed E-state index contributed by atoms with van der Waals surface area (Å²) in [7, 11) is 0. The third-order valence-electron chi connectivity index (χ3n) is 4.15. The Hall–Kier alpha value is -1.90. The van der Waals surface area contributed by atoms with Crippen LogP contribution in [0.15, 0.2) is 36.7 Å². The first kappa shape index (κ1) is 18.4. The van der Waals surface area contributed by atoms with Crippen LogP contribution in [0.2, 0.25) is 0 Å². The Morgan fingerprint density at radius 3 is 2.12 bits per heavy atom. The molecule has 2 aromatic rings. The van der Waals surface area contributed by atoms with E-state index in [0.29, 0.717) is 0 Å². The molecule has 0 bridgehead atoms. The first-order valence-corrected chi connectivity index (χ1v) is 9.37. The molecule has 0 N–H and O–H groups in total. The van der Waals surface area contributed by atoms with E-state index in [0.717, 1.165) is 36.6 Å². The van der Waals surface area contributed by atoms with Gasteiger partial charge in [-0.1, -0.05) is 46.0 Å². The lowest BCUT2D eigenvalue weighted by Crippen LogP contribution is -1.97. The summed E-state index contributed by atoms with van der Waals surface area (Å²) in [6, 6.07) is 8.09. The van der Waals surface area contributed by atoms with Gasteiger partial charge in [0, 0.05) is 18.0 Å². The second kappa shape index (κ2) is 10.8. The SMILES string of the molecule is CCCCCCOc1ccc(-c2ncc(CCCCC)cn2)cc1. The van der Waals surface area contributed by atoms with E-state index in [-0.39, 0.29) is 0 Å². The predicted molar refractivity (Wildman–Crippen MR) is 100 cm³/mol. The lowest BCUT2D eigenvalue weighted by molar-refractivity contribution is 0.305. The molecule has 0 fully saturated rings. The van der Waals surface area contributed by atoms with E-state index < -0.39 is 0 Å². The molecule has 0 aliphatic carbocycles. The Morgan fingerprint density at radius 1 is 0.792 bits per heavy atom. The minimum atomic E-state index is 0.781. The first-order chi connectivity index (χ1) is 11.8. The van der Waals surface area contributed by atoms with Gasteiger partial charge in [0.05, 0.1) is 6.61 Å². The van der Waals surface area contributed by atoms with Gasteiger partial charge in [-0.25, -0.2) is 9.97 Å². The zero-order chi connectivity index (χ0) is 17.0. The summed E-state index contributed by atoms with van der Waals surface area (Å²) in [5.41, 5.74) is 2.26. The molecule has 0 unspecified atom stereocenters. The summed E-state index contributed by atoms with van der Waals surface area (Å²) in [5.74, 6) is 1.70. The van der Waals surface area contributed by atoms with Gasteiger partial charge in [0.25, 0.3) is 0 Å².